The molecule has 13 heteroatoms. The van der Waals surface area contributed by atoms with Crippen LogP contribution in [-0.2, 0) is 36.8 Å². The Morgan fingerprint density at radius 1 is 0.744 bits per heavy atom. The molecule has 0 aliphatic carbocycles. The van der Waals surface area contributed by atoms with Gasteiger partial charge in [0.25, 0.3) is 0 Å². The van der Waals surface area contributed by atoms with E-state index < -0.39 is 53.8 Å². The summed E-state index contributed by atoms with van der Waals surface area (Å²) in [6, 6.07) is 7.03. The van der Waals surface area contributed by atoms with Gasteiger partial charge in [-0.3, -0.25) is 19.2 Å². The first-order valence-corrected chi connectivity index (χ1v) is 12.1. The van der Waals surface area contributed by atoms with Gasteiger partial charge in [-0.05, 0) is 55.2 Å². The Morgan fingerprint density at radius 2 is 1.23 bits per heavy atom. The first-order chi connectivity index (χ1) is 18.3. The molecule has 10 N–H and O–H groups in total. The fourth-order valence-electron chi connectivity index (χ4n) is 3.56. The zero-order valence-corrected chi connectivity index (χ0v) is 21.3. The zero-order chi connectivity index (χ0) is 29.1. The van der Waals surface area contributed by atoms with Crippen molar-refractivity contribution >= 4 is 29.6 Å². The molecule has 4 amide bonds. The lowest BCUT2D eigenvalue weighted by atomic mass is 10.0. The second-order valence-corrected chi connectivity index (χ2v) is 9.04. The molecule has 0 bridgehead atoms. The monoisotopic (exact) mass is 543 g/mol. The second kappa shape index (κ2) is 14.3. The lowest BCUT2D eigenvalue weighted by molar-refractivity contribution is -0.142. The normalized spacial score (nSPS) is 13.8. The van der Waals surface area contributed by atoms with Gasteiger partial charge in [-0.25, -0.2) is 4.79 Å². The first-order valence-electron chi connectivity index (χ1n) is 12.1. The summed E-state index contributed by atoms with van der Waals surface area (Å²) < 4.78 is 0. The molecule has 0 aromatic heterocycles. The van der Waals surface area contributed by atoms with E-state index in [-0.39, 0.29) is 37.2 Å². The second-order valence-electron chi connectivity index (χ2n) is 9.04. The number of hydrogen-bond donors (Lipinski definition) is 8. The van der Waals surface area contributed by atoms with Gasteiger partial charge in [-0.2, -0.15) is 0 Å². The maximum Gasteiger partial charge on any atom is 0.326 e. The number of nitrogens with one attached hydrogen (secondary N) is 3. The molecule has 0 fully saturated rings. The number of amides is 4. The number of benzene rings is 2. The van der Waals surface area contributed by atoms with Crippen molar-refractivity contribution in [3.8, 4) is 11.5 Å². The highest BCUT2D eigenvalue weighted by Gasteiger charge is 2.28. The van der Waals surface area contributed by atoms with Crippen molar-refractivity contribution in [2.45, 2.75) is 56.8 Å². The number of aliphatic carboxylic acids is 1. The smallest absolute Gasteiger partial charge is 0.326 e. The largest absolute Gasteiger partial charge is 0.508 e. The van der Waals surface area contributed by atoms with E-state index in [1.165, 1.54) is 43.3 Å². The third-order valence-electron chi connectivity index (χ3n) is 5.78. The molecule has 2 rings (SSSR count). The number of carbonyl (C=O) groups is 5. The van der Waals surface area contributed by atoms with Crippen LogP contribution in [0, 0.1) is 0 Å². The van der Waals surface area contributed by atoms with Gasteiger partial charge in [0, 0.05) is 12.8 Å². The molecule has 0 heterocycles. The van der Waals surface area contributed by atoms with Crippen molar-refractivity contribution in [2.75, 3.05) is 0 Å². The van der Waals surface area contributed by atoms with Crippen LogP contribution < -0.4 is 27.4 Å². The number of hydrogen-bond acceptors (Lipinski definition) is 8. The van der Waals surface area contributed by atoms with Gasteiger partial charge < -0.3 is 42.7 Å². The highest BCUT2D eigenvalue weighted by molar-refractivity contribution is 5.94. The van der Waals surface area contributed by atoms with Gasteiger partial charge in [0.2, 0.25) is 23.6 Å². The number of carbonyl (C=O) groups excluding carboxylic acids is 4. The first kappa shape index (κ1) is 30.6. The van der Waals surface area contributed by atoms with Gasteiger partial charge in [0.15, 0.2) is 0 Å². The van der Waals surface area contributed by atoms with Gasteiger partial charge in [0.1, 0.15) is 29.6 Å². The summed E-state index contributed by atoms with van der Waals surface area (Å²) in [7, 11) is 0. The maximum absolute atomic E-state index is 12.9. The number of primary amides is 1. The van der Waals surface area contributed by atoms with Crippen molar-refractivity contribution < 1.29 is 39.3 Å². The average Bonchev–Trinajstić information content (AvgIpc) is 2.88. The molecule has 4 atom stereocenters. The fourth-order valence-corrected chi connectivity index (χ4v) is 3.56. The van der Waals surface area contributed by atoms with Crippen molar-refractivity contribution in [1.82, 2.24) is 16.0 Å². The standard InChI is InChI=1S/C26H33N5O8/c1-14(23(35)31-21(26(38)39)13-16-4-8-18(33)9-5-16)29-25(37)20(10-11-22(28)34)30-24(36)19(27)12-15-2-6-17(32)7-3-15/h2-9,14,19-21,32-33H,10-13,27H2,1H3,(H2,28,34)(H,29,37)(H,30,36)(H,31,35)(H,38,39). The molecule has 0 aliphatic rings. The van der Waals surface area contributed by atoms with Crippen LogP contribution in [-0.4, -0.2) is 69.1 Å². The predicted molar refractivity (Wildman–Crippen MR) is 139 cm³/mol. The van der Waals surface area contributed by atoms with Crippen LogP contribution in [0.25, 0.3) is 0 Å². The molecule has 2 aromatic carbocycles. The number of phenolic OH excluding ortho intramolecular Hbond substituents is 2. The van der Waals surface area contributed by atoms with E-state index in [1.54, 1.807) is 12.1 Å². The minimum Gasteiger partial charge on any atom is -0.508 e. The molecule has 0 aliphatic heterocycles. The van der Waals surface area contributed by atoms with Gasteiger partial charge in [0.05, 0.1) is 6.04 Å². The van der Waals surface area contributed by atoms with E-state index in [2.05, 4.69) is 16.0 Å². The molecule has 2 aromatic rings. The molecule has 0 saturated heterocycles. The molecule has 13 nitrogen and oxygen atoms in total. The van der Waals surface area contributed by atoms with E-state index in [4.69, 9.17) is 11.5 Å². The molecule has 4 unspecified atom stereocenters. The van der Waals surface area contributed by atoms with Crippen LogP contribution in [0.2, 0.25) is 0 Å². The van der Waals surface area contributed by atoms with E-state index >= 15 is 0 Å². The number of aromatic hydroxyl groups is 2. The number of carboxylic acids is 1. The Morgan fingerprint density at radius 3 is 1.72 bits per heavy atom. The Bertz CT molecular complexity index is 1170. The van der Waals surface area contributed by atoms with Crippen LogP contribution in [0.4, 0.5) is 0 Å². The van der Waals surface area contributed by atoms with Crippen LogP contribution in [0.5, 0.6) is 11.5 Å². The summed E-state index contributed by atoms with van der Waals surface area (Å²) in [5, 5.41) is 35.5. The van der Waals surface area contributed by atoms with Crippen LogP contribution in [0.15, 0.2) is 48.5 Å². The predicted octanol–water partition coefficient (Wildman–Crippen LogP) is -0.965. The molecule has 39 heavy (non-hydrogen) atoms. The summed E-state index contributed by atoms with van der Waals surface area (Å²) >= 11 is 0. The van der Waals surface area contributed by atoms with Gasteiger partial charge in [-0.1, -0.05) is 24.3 Å². The Hall–Kier alpha value is -4.65. The lowest BCUT2D eigenvalue weighted by Crippen LogP contribution is -2.56. The van der Waals surface area contributed by atoms with Crippen molar-refractivity contribution in [3.63, 3.8) is 0 Å². The molecule has 0 saturated carbocycles. The number of phenols is 2. The Labute approximate surface area is 224 Å². The van der Waals surface area contributed by atoms with Crippen molar-refractivity contribution in [3.05, 3.63) is 59.7 Å². The summed E-state index contributed by atoms with van der Waals surface area (Å²) in [6.07, 6.45) is -0.365. The maximum atomic E-state index is 12.9. The minimum absolute atomic E-state index is 0.00489. The number of rotatable bonds is 14. The molecular formula is C26H33N5O8. The Balaban J connectivity index is 2.01. The van der Waals surface area contributed by atoms with E-state index in [9.17, 15) is 39.3 Å². The number of carboxylic acid groups (broad SMARTS) is 1. The molecule has 0 spiro atoms. The minimum atomic E-state index is -1.32. The highest BCUT2D eigenvalue weighted by Crippen LogP contribution is 2.12. The summed E-state index contributed by atoms with van der Waals surface area (Å²) in [4.78, 5) is 61.2. The Kier molecular flexibility index (Phi) is 11.2. The van der Waals surface area contributed by atoms with Crippen LogP contribution >= 0.6 is 0 Å². The van der Waals surface area contributed by atoms with Gasteiger partial charge in [-0.15, -0.1) is 0 Å². The zero-order valence-electron chi connectivity index (χ0n) is 21.3. The molecule has 0 radical (unpaired) electrons. The average molecular weight is 544 g/mol. The van der Waals surface area contributed by atoms with E-state index in [1.807, 2.05) is 0 Å². The summed E-state index contributed by atoms with van der Waals surface area (Å²) in [6.45, 7) is 1.33. The lowest BCUT2D eigenvalue weighted by Gasteiger charge is -2.23. The van der Waals surface area contributed by atoms with Crippen LogP contribution in [0.1, 0.15) is 30.9 Å². The van der Waals surface area contributed by atoms with E-state index in [0.717, 1.165) is 0 Å². The summed E-state index contributed by atoms with van der Waals surface area (Å²) in [5.41, 5.74) is 12.4. The third kappa shape index (κ3) is 10.3. The number of nitrogens with two attached hydrogens (primary N) is 2. The van der Waals surface area contributed by atoms with Crippen molar-refractivity contribution in [1.29, 1.82) is 0 Å². The molecular weight excluding hydrogens is 510 g/mol. The fraction of sp³-hybridized carbons (Fsp3) is 0.346. The highest BCUT2D eigenvalue weighted by atomic mass is 16.4. The quantitative estimate of drug-likeness (QED) is 0.146. The van der Waals surface area contributed by atoms with Crippen molar-refractivity contribution in [2.24, 2.45) is 11.5 Å². The summed E-state index contributed by atoms with van der Waals surface area (Å²) in [5.74, 6) is -4.24. The topological polar surface area (TPSA) is 234 Å². The van der Waals surface area contributed by atoms with Crippen LogP contribution in [0.3, 0.4) is 0 Å². The third-order valence-corrected chi connectivity index (χ3v) is 5.78. The molecule has 210 valence electrons. The van der Waals surface area contributed by atoms with Gasteiger partial charge >= 0.3 is 5.97 Å². The SMILES string of the molecule is CC(NC(=O)C(CCC(N)=O)NC(=O)C(N)Cc1ccc(O)cc1)C(=O)NC(Cc1ccc(O)cc1)C(=O)O. The van der Waals surface area contributed by atoms with E-state index in [0.29, 0.717) is 11.1 Å².